The van der Waals surface area contributed by atoms with Crippen molar-refractivity contribution in [1.82, 2.24) is 4.90 Å². The first kappa shape index (κ1) is 26.8. The maximum absolute atomic E-state index is 14.1. The van der Waals surface area contributed by atoms with E-state index in [4.69, 9.17) is 5.11 Å². The summed E-state index contributed by atoms with van der Waals surface area (Å²) in [5.74, 6) is -5.65. The molecule has 2 heterocycles. The molecule has 1 aromatic heterocycles. The number of likely N-dealkylation sites (tertiary alicyclic amines) is 1. The summed E-state index contributed by atoms with van der Waals surface area (Å²) in [6.45, 7) is 4.06. The van der Waals surface area contributed by atoms with Crippen LogP contribution in [-0.4, -0.2) is 51.6 Å². The number of aromatic carboxylic acids is 1. The van der Waals surface area contributed by atoms with Gasteiger partial charge in [0.2, 0.25) is 0 Å². The molecule has 0 spiro atoms. The van der Waals surface area contributed by atoms with Crippen LogP contribution in [-0.2, 0) is 17.6 Å². The number of benzene rings is 1. The molecule has 2 aromatic rings. The summed E-state index contributed by atoms with van der Waals surface area (Å²) in [6.07, 6.45) is 5.65. The van der Waals surface area contributed by atoms with Crippen molar-refractivity contribution in [2.24, 2.45) is 0 Å². The predicted molar refractivity (Wildman–Crippen MR) is 133 cm³/mol. The van der Waals surface area contributed by atoms with Gasteiger partial charge in [0, 0.05) is 17.8 Å². The van der Waals surface area contributed by atoms with Crippen LogP contribution >= 0.6 is 11.3 Å². The monoisotopic (exact) mass is 503 g/mol. The van der Waals surface area contributed by atoms with E-state index in [2.05, 4.69) is 18.7 Å². The summed E-state index contributed by atoms with van der Waals surface area (Å²) in [4.78, 5) is 25.4. The van der Waals surface area contributed by atoms with Gasteiger partial charge in [-0.05, 0) is 61.8 Å². The van der Waals surface area contributed by atoms with Gasteiger partial charge in [-0.3, -0.25) is 4.79 Å². The van der Waals surface area contributed by atoms with Crippen LogP contribution in [0, 0.1) is 0 Å². The molecule has 1 amide bonds. The molecule has 1 aliphatic rings. The average Bonchev–Trinajstić information content (AvgIpc) is 3.39. The van der Waals surface area contributed by atoms with Crippen LogP contribution in [0.3, 0.4) is 0 Å². The molecule has 0 saturated carbocycles. The van der Waals surface area contributed by atoms with E-state index < -0.39 is 36.4 Å². The van der Waals surface area contributed by atoms with Crippen LogP contribution in [0.25, 0.3) is 0 Å². The highest BCUT2D eigenvalue weighted by Gasteiger charge is 2.52. The molecule has 188 valence electrons. The molecule has 0 bridgehead atoms. The Hall–Kier alpha value is -2.84. The molecule has 1 aliphatic heterocycles. The first-order chi connectivity index (χ1) is 16.7. The standard InChI is InChI=1S/C27H31F2NO4S/c1-19(8-5-6-11-20-9-3-2-4-10-20)23(31)15-13-21-18-27(28,29)26(34)30(21)17-7-12-22-14-16-24(35-22)25(32)33/h2-4,9-10,13-16,21,23,31H,1,5-8,11-12,17-18H2,(H,32,33)/b15-13+/t21-,23+/m0/s1. The van der Waals surface area contributed by atoms with Gasteiger partial charge in [0.15, 0.2) is 0 Å². The minimum absolute atomic E-state index is 0.125. The molecular weight excluding hydrogens is 472 g/mol. The van der Waals surface area contributed by atoms with Crippen molar-refractivity contribution in [1.29, 1.82) is 0 Å². The minimum atomic E-state index is -3.44. The Morgan fingerprint density at radius 3 is 2.60 bits per heavy atom. The molecule has 0 radical (unpaired) electrons. The lowest BCUT2D eigenvalue weighted by Crippen LogP contribution is -2.36. The third-order valence-corrected chi connectivity index (χ3v) is 7.26. The van der Waals surface area contributed by atoms with Crippen LogP contribution in [0.1, 0.15) is 52.2 Å². The van der Waals surface area contributed by atoms with E-state index in [-0.39, 0.29) is 11.4 Å². The van der Waals surface area contributed by atoms with Gasteiger partial charge in [-0.1, -0.05) is 49.1 Å². The summed E-state index contributed by atoms with van der Waals surface area (Å²) in [6, 6.07) is 12.5. The van der Waals surface area contributed by atoms with Crippen molar-refractivity contribution in [3.05, 3.63) is 82.1 Å². The van der Waals surface area contributed by atoms with E-state index >= 15 is 0 Å². The van der Waals surface area contributed by atoms with Crippen LogP contribution in [0.5, 0.6) is 0 Å². The number of hydrogen-bond donors (Lipinski definition) is 2. The van der Waals surface area contributed by atoms with E-state index in [9.17, 15) is 23.5 Å². The maximum Gasteiger partial charge on any atom is 0.345 e. The normalized spacial score (nSPS) is 18.3. The smallest absolute Gasteiger partial charge is 0.345 e. The summed E-state index contributed by atoms with van der Waals surface area (Å²) in [5, 5.41) is 19.4. The van der Waals surface area contributed by atoms with Crippen molar-refractivity contribution in [3.8, 4) is 0 Å². The van der Waals surface area contributed by atoms with Crippen molar-refractivity contribution in [2.45, 2.75) is 63.0 Å². The molecule has 8 heteroatoms. The Kier molecular flexibility index (Phi) is 9.34. The Labute approximate surface area is 208 Å². The second-order valence-corrected chi connectivity index (χ2v) is 10.00. The zero-order valence-corrected chi connectivity index (χ0v) is 20.4. The predicted octanol–water partition coefficient (Wildman–Crippen LogP) is 5.50. The number of rotatable bonds is 13. The summed E-state index contributed by atoms with van der Waals surface area (Å²) < 4.78 is 28.3. The largest absolute Gasteiger partial charge is 0.477 e. The van der Waals surface area contributed by atoms with E-state index in [0.717, 1.165) is 40.4 Å². The van der Waals surface area contributed by atoms with Gasteiger partial charge in [-0.15, -0.1) is 11.3 Å². The fraction of sp³-hybridized carbons (Fsp3) is 0.407. The summed E-state index contributed by atoms with van der Waals surface area (Å²) >= 11 is 1.14. The average molecular weight is 504 g/mol. The first-order valence-corrected chi connectivity index (χ1v) is 12.6. The van der Waals surface area contributed by atoms with Gasteiger partial charge >= 0.3 is 11.9 Å². The Bertz CT molecular complexity index is 1050. The Morgan fingerprint density at radius 1 is 1.17 bits per heavy atom. The van der Waals surface area contributed by atoms with Crippen LogP contribution < -0.4 is 0 Å². The molecule has 0 aliphatic carbocycles. The highest BCUT2D eigenvalue weighted by Crippen LogP contribution is 2.34. The Morgan fingerprint density at radius 2 is 1.91 bits per heavy atom. The second kappa shape index (κ2) is 12.2. The highest BCUT2D eigenvalue weighted by molar-refractivity contribution is 7.13. The number of alkyl halides is 2. The molecular formula is C27H31F2NO4S. The van der Waals surface area contributed by atoms with Gasteiger partial charge in [-0.25, -0.2) is 4.79 Å². The summed E-state index contributed by atoms with van der Waals surface area (Å²) in [5.41, 5.74) is 1.87. The van der Waals surface area contributed by atoms with Gasteiger partial charge in [0.1, 0.15) is 4.88 Å². The lowest BCUT2D eigenvalue weighted by atomic mass is 10.0. The number of carboxylic acid groups (broad SMARTS) is 1. The fourth-order valence-corrected chi connectivity index (χ4v) is 5.04. The minimum Gasteiger partial charge on any atom is -0.477 e. The number of thiophene rings is 1. The molecule has 1 saturated heterocycles. The van der Waals surface area contributed by atoms with Crippen LogP contribution in [0.2, 0.25) is 0 Å². The number of carboxylic acids is 1. The van der Waals surface area contributed by atoms with E-state index in [1.807, 2.05) is 18.2 Å². The number of amides is 1. The number of hydrogen-bond acceptors (Lipinski definition) is 4. The molecule has 1 aromatic carbocycles. The zero-order chi connectivity index (χ0) is 25.4. The van der Waals surface area contributed by atoms with Crippen molar-refractivity contribution < 1.29 is 28.6 Å². The SMILES string of the molecule is C=C(CCCCc1ccccc1)[C@H](O)/C=C/[C@H]1CC(F)(F)C(=O)N1CCCc1ccc(C(=O)O)s1. The third kappa shape index (κ3) is 7.57. The summed E-state index contributed by atoms with van der Waals surface area (Å²) in [7, 11) is 0. The number of nitrogens with zero attached hydrogens (tertiary/aromatic N) is 1. The zero-order valence-electron chi connectivity index (χ0n) is 19.5. The number of unbranched alkanes of at least 4 members (excludes halogenated alkanes) is 1. The lowest BCUT2D eigenvalue weighted by molar-refractivity contribution is -0.148. The van der Waals surface area contributed by atoms with Crippen molar-refractivity contribution >= 4 is 23.2 Å². The van der Waals surface area contributed by atoms with Crippen molar-refractivity contribution in [3.63, 3.8) is 0 Å². The fourth-order valence-electron chi connectivity index (χ4n) is 4.15. The van der Waals surface area contributed by atoms with E-state index in [1.165, 1.54) is 23.8 Å². The Balaban J connectivity index is 1.48. The molecule has 2 atom stereocenters. The maximum atomic E-state index is 14.1. The van der Waals surface area contributed by atoms with Crippen LogP contribution in [0.4, 0.5) is 8.78 Å². The number of aryl methyl sites for hydroxylation is 2. The quantitative estimate of drug-likeness (QED) is 0.279. The number of aliphatic hydroxyl groups excluding tert-OH is 1. The van der Waals surface area contributed by atoms with Gasteiger partial charge < -0.3 is 15.1 Å². The van der Waals surface area contributed by atoms with E-state index in [1.54, 1.807) is 6.07 Å². The second-order valence-electron chi connectivity index (χ2n) is 8.83. The molecule has 1 fully saturated rings. The lowest BCUT2D eigenvalue weighted by Gasteiger charge is -2.22. The molecule has 5 nitrogen and oxygen atoms in total. The highest BCUT2D eigenvalue weighted by atomic mass is 32.1. The number of halogens is 2. The third-order valence-electron chi connectivity index (χ3n) is 6.12. The molecule has 2 N–H and O–H groups in total. The van der Waals surface area contributed by atoms with Gasteiger partial charge in [0.05, 0.1) is 12.1 Å². The molecule has 3 rings (SSSR count). The molecule has 0 unspecified atom stereocenters. The van der Waals surface area contributed by atoms with Crippen molar-refractivity contribution in [2.75, 3.05) is 6.54 Å². The first-order valence-electron chi connectivity index (χ1n) is 11.8. The number of carbonyl (C=O) groups excluding carboxylic acids is 1. The van der Waals surface area contributed by atoms with Gasteiger partial charge in [0.25, 0.3) is 5.91 Å². The topological polar surface area (TPSA) is 77.8 Å². The van der Waals surface area contributed by atoms with Crippen LogP contribution in [0.15, 0.2) is 66.8 Å². The molecule has 35 heavy (non-hydrogen) atoms. The van der Waals surface area contributed by atoms with Gasteiger partial charge in [-0.2, -0.15) is 8.78 Å². The number of aliphatic hydroxyl groups is 1. The van der Waals surface area contributed by atoms with E-state index in [0.29, 0.717) is 24.8 Å². The number of carbonyl (C=O) groups is 2.